The molecule has 3 nitrogen and oxygen atoms in total. The van der Waals surface area contributed by atoms with Gasteiger partial charge in [0.25, 0.3) is 0 Å². The Balaban J connectivity index is 2.01. The van der Waals surface area contributed by atoms with Gasteiger partial charge in [0, 0.05) is 12.6 Å². The second-order valence-electron chi connectivity index (χ2n) is 4.58. The zero-order chi connectivity index (χ0) is 14.4. The molecule has 106 valence electrons. The Morgan fingerprint density at radius 2 is 2.10 bits per heavy atom. The highest BCUT2D eigenvalue weighted by molar-refractivity contribution is 5.88. The Bertz CT molecular complexity index is 508. The van der Waals surface area contributed by atoms with Gasteiger partial charge >= 0.3 is 0 Å². The van der Waals surface area contributed by atoms with Gasteiger partial charge in [0.15, 0.2) is 0 Å². The average Bonchev–Trinajstić information content (AvgIpc) is 2.48. The summed E-state index contributed by atoms with van der Waals surface area (Å²) in [6, 6.07) is 6.21. The van der Waals surface area contributed by atoms with Gasteiger partial charge in [0.1, 0.15) is 11.9 Å². The number of morpholine rings is 1. The number of amides is 1. The molecule has 1 aromatic rings. The molecule has 1 amide bonds. The number of hydrogen-bond acceptors (Lipinski definition) is 2. The summed E-state index contributed by atoms with van der Waals surface area (Å²) in [6.07, 6.45) is 6.77. The number of rotatable bonds is 3. The fourth-order valence-corrected chi connectivity index (χ4v) is 2.08. The van der Waals surface area contributed by atoms with E-state index in [1.165, 1.54) is 12.1 Å². The van der Waals surface area contributed by atoms with Crippen LogP contribution in [0, 0.1) is 5.82 Å². The Morgan fingerprint density at radius 1 is 1.35 bits per heavy atom. The van der Waals surface area contributed by atoms with Crippen molar-refractivity contribution in [3.8, 4) is 0 Å². The van der Waals surface area contributed by atoms with Gasteiger partial charge in [-0.05, 0) is 24.6 Å². The third kappa shape index (κ3) is 3.78. The number of carbonyl (C=O) groups excluding carboxylic acids is 1. The number of nitrogens with zero attached hydrogens (tertiary/aromatic N) is 1. The molecule has 1 unspecified atom stereocenters. The van der Waals surface area contributed by atoms with Gasteiger partial charge < -0.3 is 9.64 Å². The van der Waals surface area contributed by atoms with Crippen LogP contribution < -0.4 is 0 Å². The minimum absolute atomic E-state index is 0.0292. The molecule has 0 bridgehead atoms. The van der Waals surface area contributed by atoms with Crippen molar-refractivity contribution < 1.29 is 13.9 Å². The van der Waals surface area contributed by atoms with Gasteiger partial charge in [0.05, 0.1) is 13.2 Å². The predicted octanol–water partition coefficient (Wildman–Crippen LogP) is 2.86. The maximum Gasteiger partial charge on any atom is 0.246 e. The van der Waals surface area contributed by atoms with Crippen molar-refractivity contribution in [3.63, 3.8) is 0 Å². The zero-order valence-corrected chi connectivity index (χ0v) is 11.5. The fraction of sp³-hybridized carbons (Fsp3) is 0.312. The molecule has 1 fully saturated rings. The number of ether oxygens (including phenoxy) is 1. The monoisotopic (exact) mass is 275 g/mol. The standard InChI is InChI=1S/C16H18FNO2/c1-2-3-4-5-16(19)18-10-11-20-15(12-18)13-6-8-14(17)9-7-13/h2-9,15H,10-12H2,1H3/b3-2+,5-4+. The maximum absolute atomic E-state index is 12.9. The van der Waals surface area contributed by atoms with Gasteiger partial charge in [-0.25, -0.2) is 4.39 Å². The first-order valence-electron chi connectivity index (χ1n) is 6.66. The molecular formula is C16H18FNO2. The number of carbonyl (C=O) groups is 1. The first-order valence-corrected chi connectivity index (χ1v) is 6.66. The summed E-state index contributed by atoms with van der Waals surface area (Å²) >= 11 is 0. The topological polar surface area (TPSA) is 29.5 Å². The minimum atomic E-state index is -0.272. The first-order chi connectivity index (χ1) is 9.70. The lowest BCUT2D eigenvalue weighted by Gasteiger charge is -2.32. The average molecular weight is 275 g/mol. The van der Waals surface area contributed by atoms with E-state index in [1.807, 2.05) is 19.1 Å². The van der Waals surface area contributed by atoms with Crippen molar-refractivity contribution in [2.24, 2.45) is 0 Å². The molecule has 0 aromatic heterocycles. The molecular weight excluding hydrogens is 257 g/mol. The van der Waals surface area contributed by atoms with E-state index >= 15 is 0 Å². The second-order valence-corrected chi connectivity index (χ2v) is 4.58. The minimum Gasteiger partial charge on any atom is -0.370 e. The molecule has 1 saturated heterocycles. The van der Waals surface area contributed by atoms with Crippen LogP contribution in [-0.2, 0) is 9.53 Å². The van der Waals surface area contributed by atoms with E-state index in [0.29, 0.717) is 19.7 Å². The van der Waals surface area contributed by atoms with E-state index in [2.05, 4.69) is 0 Å². The Kier molecular flexibility index (Phi) is 5.07. The number of allylic oxidation sites excluding steroid dienone is 3. The van der Waals surface area contributed by atoms with Gasteiger partial charge in [-0.2, -0.15) is 0 Å². The summed E-state index contributed by atoms with van der Waals surface area (Å²) in [4.78, 5) is 13.7. The van der Waals surface area contributed by atoms with Crippen LogP contribution in [0.15, 0.2) is 48.6 Å². The van der Waals surface area contributed by atoms with Gasteiger partial charge in [0.2, 0.25) is 5.91 Å². The lowest BCUT2D eigenvalue weighted by Crippen LogP contribution is -2.41. The molecule has 0 N–H and O–H groups in total. The van der Waals surface area contributed by atoms with Crippen LogP contribution in [-0.4, -0.2) is 30.5 Å². The highest BCUT2D eigenvalue weighted by Gasteiger charge is 2.24. The van der Waals surface area contributed by atoms with Crippen LogP contribution in [0.5, 0.6) is 0 Å². The third-order valence-electron chi connectivity index (χ3n) is 3.16. The van der Waals surface area contributed by atoms with Crippen LogP contribution >= 0.6 is 0 Å². The summed E-state index contributed by atoms with van der Waals surface area (Å²) in [5, 5.41) is 0. The van der Waals surface area contributed by atoms with E-state index in [0.717, 1.165) is 5.56 Å². The predicted molar refractivity (Wildman–Crippen MR) is 75.6 cm³/mol. The van der Waals surface area contributed by atoms with Gasteiger partial charge in [-0.3, -0.25) is 4.79 Å². The molecule has 1 heterocycles. The molecule has 0 saturated carbocycles. The molecule has 20 heavy (non-hydrogen) atoms. The van der Waals surface area contributed by atoms with E-state index in [4.69, 9.17) is 4.74 Å². The second kappa shape index (κ2) is 7.01. The lowest BCUT2D eigenvalue weighted by atomic mass is 10.1. The normalized spacial score (nSPS) is 19.9. The van der Waals surface area contributed by atoms with E-state index < -0.39 is 0 Å². The SMILES string of the molecule is C/C=C/C=C/C(=O)N1CCOC(c2ccc(F)cc2)C1. The highest BCUT2D eigenvalue weighted by Crippen LogP contribution is 2.22. The van der Waals surface area contributed by atoms with Crippen LogP contribution in [0.3, 0.4) is 0 Å². The van der Waals surface area contributed by atoms with Crippen LogP contribution in [0.25, 0.3) is 0 Å². The molecule has 1 atom stereocenters. The molecule has 1 aromatic carbocycles. The van der Waals surface area contributed by atoms with Crippen molar-refractivity contribution in [2.75, 3.05) is 19.7 Å². The van der Waals surface area contributed by atoms with Crippen molar-refractivity contribution in [2.45, 2.75) is 13.0 Å². The molecule has 0 spiro atoms. The van der Waals surface area contributed by atoms with Crippen molar-refractivity contribution in [1.29, 1.82) is 0 Å². The van der Waals surface area contributed by atoms with E-state index in [-0.39, 0.29) is 17.8 Å². The summed E-state index contributed by atoms with van der Waals surface area (Å²) < 4.78 is 18.6. The first kappa shape index (κ1) is 14.5. The summed E-state index contributed by atoms with van der Waals surface area (Å²) in [7, 11) is 0. The maximum atomic E-state index is 12.9. The number of hydrogen-bond donors (Lipinski definition) is 0. The molecule has 1 aliphatic heterocycles. The lowest BCUT2D eigenvalue weighted by molar-refractivity contribution is -0.133. The summed E-state index contributed by atoms with van der Waals surface area (Å²) in [5.41, 5.74) is 0.890. The Morgan fingerprint density at radius 3 is 2.80 bits per heavy atom. The molecule has 2 rings (SSSR count). The van der Waals surface area contributed by atoms with E-state index in [1.54, 1.807) is 29.2 Å². The van der Waals surface area contributed by atoms with Crippen LogP contribution in [0.1, 0.15) is 18.6 Å². The van der Waals surface area contributed by atoms with Crippen molar-refractivity contribution in [3.05, 3.63) is 60.0 Å². The van der Waals surface area contributed by atoms with Crippen LogP contribution in [0.4, 0.5) is 4.39 Å². The van der Waals surface area contributed by atoms with Crippen LogP contribution in [0.2, 0.25) is 0 Å². The fourth-order valence-electron chi connectivity index (χ4n) is 2.08. The Labute approximate surface area is 118 Å². The molecule has 1 aliphatic rings. The number of halogens is 1. The van der Waals surface area contributed by atoms with Crippen molar-refractivity contribution in [1.82, 2.24) is 4.90 Å². The quantitative estimate of drug-likeness (QED) is 0.627. The van der Waals surface area contributed by atoms with Gasteiger partial charge in [-0.1, -0.05) is 30.4 Å². The largest absolute Gasteiger partial charge is 0.370 e. The summed E-state index contributed by atoms with van der Waals surface area (Å²) in [5.74, 6) is -0.301. The zero-order valence-electron chi connectivity index (χ0n) is 11.5. The molecule has 0 aliphatic carbocycles. The Hall–Kier alpha value is -1.94. The van der Waals surface area contributed by atoms with Gasteiger partial charge in [-0.15, -0.1) is 0 Å². The van der Waals surface area contributed by atoms with E-state index in [9.17, 15) is 9.18 Å². The number of benzene rings is 1. The smallest absolute Gasteiger partial charge is 0.246 e. The van der Waals surface area contributed by atoms with Crippen molar-refractivity contribution >= 4 is 5.91 Å². The highest BCUT2D eigenvalue weighted by atomic mass is 19.1. The molecule has 4 heteroatoms. The third-order valence-corrected chi connectivity index (χ3v) is 3.16. The summed E-state index contributed by atoms with van der Waals surface area (Å²) in [6.45, 7) is 3.46. The molecule has 0 radical (unpaired) electrons.